The number of anilines is 1. The van der Waals surface area contributed by atoms with Crippen LogP contribution in [-0.2, 0) is 9.59 Å². The Kier molecular flexibility index (Phi) is 5.17. The van der Waals surface area contributed by atoms with Crippen LogP contribution in [-0.4, -0.2) is 36.3 Å². The van der Waals surface area contributed by atoms with E-state index in [1.165, 1.54) is 5.56 Å². The zero-order valence-corrected chi connectivity index (χ0v) is 14.8. The van der Waals surface area contributed by atoms with Gasteiger partial charge in [-0.2, -0.15) is 0 Å². The summed E-state index contributed by atoms with van der Waals surface area (Å²) in [6.07, 6.45) is 0.731. The van der Waals surface area contributed by atoms with E-state index < -0.39 is 0 Å². The second-order valence-electron chi connectivity index (χ2n) is 6.51. The molecule has 0 spiro atoms. The van der Waals surface area contributed by atoms with Crippen LogP contribution in [0, 0.1) is 6.92 Å². The minimum absolute atomic E-state index is 0.0219. The molecule has 0 saturated carbocycles. The van der Waals surface area contributed by atoms with Crippen LogP contribution in [0.15, 0.2) is 54.6 Å². The highest BCUT2D eigenvalue weighted by Crippen LogP contribution is 2.24. The SMILES string of the molecule is CC[C@H](C(=O)N1CCN(c2ccc(C)cc2)C(=O)C1)c1ccccc1. The molecule has 0 bridgehead atoms. The third-order valence-corrected chi connectivity index (χ3v) is 4.79. The molecule has 25 heavy (non-hydrogen) atoms. The molecule has 4 nitrogen and oxygen atoms in total. The average molecular weight is 336 g/mol. The zero-order valence-electron chi connectivity index (χ0n) is 14.8. The van der Waals surface area contributed by atoms with Gasteiger partial charge in [-0.15, -0.1) is 0 Å². The van der Waals surface area contributed by atoms with Gasteiger partial charge in [0.15, 0.2) is 0 Å². The minimum atomic E-state index is -0.181. The van der Waals surface area contributed by atoms with Gasteiger partial charge in [-0.25, -0.2) is 0 Å². The highest BCUT2D eigenvalue weighted by atomic mass is 16.2. The predicted octanol–water partition coefficient (Wildman–Crippen LogP) is 3.36. The van der Waals surface area contributed by atoms with Gasteiger partial charge in [0, 0.05) is 18.8 Å². The molecule has 0 aromatic heterocycles. The number of carbonyl (C=O) groups excluding carboxylic acids is 2. The summed E-state index contributed by atoms with van der Waals surface area (Å²) in [5, 5.41) is 0. The lowest BCUT2D eigenvalue weighted by Crippen LogP contribution is -2.53. The highest BCUT2D eigenvalue weighted by Gasteiger charge is 2.31. The molecule has 3 rings (SSSR count). The van der Waals surface area contributed by atoms with E-state index >= 15 is 0 Å². The summed E-state index contributed by atoms with van der Waals surface area (Å²) < 4.78 is 0. The maximum Gasteiger partial charge on any atom is 0.246 e. The molecule has 1 saturated heterocycles. The van der Waals surface area contributed by atoms with Gasteiger partial charge in [0.2, 0.25) is 11.8 Å². The van der Waals surface area contributed by atoms with Crippen LogP contribution in [0.1, 0.15) is 30.4 Å². The largest absolute Gasteiger partial charge is 0.331 e. The molecule has 4 heteroatoms. The molecule has 2 aromatic carbocycles. The Balaban J connectivity index is 1.70. The molecule has 1 heterocycles. The van der Waals surface area contributed by atoms with Crippen molar-refractivity contribution in [2.24, 2.45) is 0 Å². The fraction of sp³-hybridized carbons (Fsp3) is 0.333. The first kappa shape index (κ1) is 17.2. The van der Waals surface area contributed by atoms with Crippen LogP contribution in [0.5, 0.6) is 0 Å². The fourth-order valence-electron chi connectivity index (χ4n) is 3.32. The smallest absolute Gasteiger partial charge is 0.246 e. The Morgan fingerprint density at radius 1 is 1.04 bits per heavy atom. The average Bonchev–Trinajstić information content (AvgIpc) is 2.64. The Hall–Kier alpha value is -2.62. The Morgan fingerprint density at radius 3 is 2.32 bits per heavy atom. The molecule has 1 atom stereocenters. The quantitative estimate of drug-likeness (QED) is 0.859. The van der Waals surface area contributed by atoms with E-state index in [0.29, 0.717) is 13.1 Å². The molecule has 0 aliphatic carbocycles. The van der Waals surface area contributed by atoms with E-state index in [1.807, 2.05) is 68.4 Å². The van der Waals surface area contributed by atoms with Gasteiger partial charge in [0.1, 0.15) is 6.54 Å². The number of amides is 2. The van der Waals surface area contributed by atoms with Crippen molar-refractivity contribution in [3.63, 3.8) is 0 Å². The maximum absolute atomic E-state index is 12.9. The fourth-order valence-corrected chi connectivity index (χ4v) is 3.32. The van der Waals surface area contributed by atoms with Gasteiger partial charge in [0.05, 0.1) is 5.92 Å². The van der Waals surface area contributed by atoms with Crippen molar-refractivity contribution in [2.75, 3.05) is 24.5 Å². The number of nitrogens with zero attached hydrogens (tertiary/aromatic N) is 2. The molecular weight excluding hydrogens is 312 g/mol. The number of hydrogen-bond donors (Lipinski definition) is 0. The van der Waals surface area contributed by atoms with Crippen LogP contribution >= 0.6 is 0 Å². The number of hydrogen-bond acceptors (Lipinski definition) is 2. The van der Waals surface area contributed by atoms with Crippen LogP contribution < -0.4 is 4.90 Å². The topological polar surface area (TPSA) is 40.6 Å². The lowest BCUT2D eigenvalue weighted by Gasteiger charge is -2.36. The lowest BCUT2D eigenvalue weighted by atomic mass is 9.94. The lowest BCUT2D eigenvalue weighted by molar-refractivity contribution is -0.138. The molecular formula is C21H24N2O2. The summed E-state index contributed by atoms with van der Waals surface area (Å²) in [6.45, 7) is 5.30. The summed E-state index contributed by atoms with van der Waals surface area (Å²) in [5.41, 5.74) is 3.08. The first-order valence-corrected chi connectivity index (χ1v) is 8.81. The standard InChI is InChI=1S/C21H24N2O2/c1-3-19(17-7-5-4-6-8-17)21(25)22-13-14-23(20(24)15-22)18-11-9-16(2)10-12-18/h4-12,19H,3,13-15H2,1-2H3/t19-/m0/s1. The van der Waals surface area contributed by atoms with E-state index in [0.717, 1.165) is 17.7 Å². The van der Waals surface area contributed by atoms with Gasteiger partial charge >= 0.3 is 0 Å². The molecule has 1 aliphatic rings. The van der Waals surface area contributed by atoms with Crippen molar-refractivity contribution in [1.29, 1.82) is 0 Å². The number of carbonyl (C=O) groups is 2. The van der Waals surface area contributed by atoms with E-state index in [-0.39, 0.29) is 24.3 Å². The van der Waals surface area contributed by atoms with Gasteiger partial charge in [-0.1, -0.05) is 55.0 Å². The number of rotatable bonds is 4. The number of aryl methyl sites for hydroxylation is 1. The van der Waals surface area contributed by atoms with E-state index in [1.54, 1.807) is 9.80 Å². The number of benzene rings is 2. The van der Waals surface area contributed by atoms with E-state index in [4.69, 9.17) is 0 Å². The van der Waals surface area contributed by atoms with Crippen molar-refractivity contribution in [2.45, 2.75) is 26.2 Å². The Bertz CT molecular complexity index is 740. The van der Waals surface area contributed by atoms with E-state index in [9.17, 15) is 9.59 Å². The van der Waals surface area contributed by atoms with Gasteiger partial charge in [-0.3, -0.25) is 9.59 Å². The Labute approximate surface area is 149 Å². The second-order valence-corrected chi connectivity index (χ2v) is 6.51. The van der Waals surface area contributed by atoms with Crippen LogP contribution in [0.25, 0.3) is 0 Å². The maximum atomic E-state index is 12.9. The third kappa shape index (κ3) is 3.73. The molecule has 130 valence electrons. The summed E-state index contributed by atoms with van der Waals surface area (Å²) in [6, 6.07) is 17.7. The summed E-state index contributed by atoms with van der Waals surface area (Å²) in [4.78, 5) is 29.0. The first-order valence-electron chi connectivity index (χ1n) is 8.81. The molecule has 2 aromatic rings. The first-order chi connectivity index (χ1) is 12.1. The van der Waals surface area contributed by atoms with Crippen molar-refractivity contribution in [3.05, 3.63) is 65.7 Å². The molecule has 0 N–H and O–H groups in total. The molecule has 1 aliphatic heterocycles. The van der Waals surface area contributed by atoms with Crippen molar-refractivity contribution in [3.8, 4) is 0 Å². The second kappa shape index (κ2) is 7.51. The van der Waals surface area contributed by atoms with Crippen molar-refractivity contribution in [1.82, 2.24) is 4.90 Å². The third-order valence-electron chi connectivity index (χ3n) is 4.79. The summed E-state index contributed by atoms with van der Waals surface area (Å²) in [5.74, 6) is -0.156. The monoisotopic (exact) mass is 336 g/mol. The summed E-state index contributed by atoms with van der Waals surface area (Å²) >= 11 is 0. The molecule has 0 unspecified atom stereocenters. The van der Waals surface area contributed by atoms with Crippen LogP contribution in [0.3, 0.4) is 0 Å². The normalized spacial score (nSPS) is 16.0. The van der Waals surface area contributed by atoms with E-state index in [2.05, 4.69) is 0 Å². The molecule has 0 radical (unpaired) electrons. The van der Waals surface area contributed by atoms with Gasteiger partial charge in [-0.05, 0) is 31.0 Å². The summed E-state index contributed by atoms with van der Waals surface area (Å²) in [7, 11) is 0. The number of piperazine rings is 1. The highest BCUT2D eigenvalue weighted by molar-refractivity contribution is 5.98. The Morgan fingerprint density at radius 2 is 1.72 bits per heavy atom. The predicted molar refractivity (Wildman–Crippen MR) is 99.6 cm³/mol. The molecule has 2 amide bonds. The van der Waals surface area contributed by atoms with Gasteiger partial charge < -0.3 is 9.80 Å². The minimum Gasteiger partial charge on any atom is -0.331 e. The van der Waals surface area contributed by atoms with Gasteiger partial charge in [0.25, 0.3) is 0 Å². The van der Waals surface area contributed by atoms with Crippen molar-refractivity contribution >= 4 is 17.5 Å². The zero-order chi connectivity index (χ0) is 17.8. The van der Waals surface area contributed by atoms with Crippen LogP contribution in [0.2, 0.25) is 0 Å². The van der Waals surface area contributed by atoms with Crippen LogP contribution in [0.4, 0.5) is 5.69 Å². The molecule has 1 fully saturated rings. The van der Waals surface area contributed by atoms with Crippen molar-refractivity contribution < 1.29 is 9.59 Å².